The maximum absolute atomic E-state index is 6.35. The highest BCUT2D eigenvalue weighted by Crippen LogP contribution is 2.41. The molecule has 0 bridgehead atoms. The minimum atomic E-state index is -0.158. The molecule has 1 saturated heterocycles. The van der Waals surface area contributed by atoms with Gasteiger partial charge in [0, 0.05) is 18.3 Å². The molecule has 0 spiro atoms. The Morgan fingerprint density at radius 2 is 1.75 bits per heavy atom. The number of benzene rings is 2. The molecule has 1 N–H and O–H groups in total. The molecule has 4 aromatic rings. The summed E-state index contributed by atoms with van der Waals surface area (Å²) in [6.45, 7) is 0.656. The van der Waals surface area contributed by atoms with E-state index in [-0.39, 0.29) is 12.1 Å². The predicted octanol–water partition coefficient (Wildman–Crippen LogP) is 6.82. The number of nitrogens with zero attached hydrogens (tertiary/aromatic N) is 2. The fourth-order valence-corrected chi connectivity index (χ4v) is 4.58. The molecule has 0 saturated carbocycles. The molecule has 1 aliphatic heterocycles. The summed E-state index contributed by atoms with van der Waals surface area (Å²) < 4.78 is 6.35. The van der Waals surface area contributed by atoms with E-state index in [0.717, 1.165) is 22.8 Å². The van der Waals surface area contributed by atoms with Gasteiger partial charge in [-0.25, -0.2) is 0 Å². The lowest BCUT2D eigenvalue weighted by Gasteiger charge is -2.26. The molecular weight excluding hydrogens is 461 g/mol. The van der Waals surface area contributed by atoms with Crippen molar-refractivity contribution in [1.29, 1.82) is 0 Å². The first-order chi connectivity index (χ1) is 15.6. The van der Waals surface area contributed by atoms with Crippen molar-refractivity contribution in [1.82, 2.24) is 15.2 Å². The molecule has 32 heavy (non-hydrogen) atoms. The summed E-state index contributed by atoms with van der Waals surface area (Å²) in [6, 6.07) is 25.3. The monoisotopic (exact) mass is 479 g/mol. The van der Waals surface area contributed by atoms with Gasteiger partial charge in [0.15, 0.2) is 5.11 Å². The van der Waals surface area contributed by atoms with Crippen LogP contribution in [0.1, 0.15) is 29.1 Å². The molecule has 0 radical (unpaired) electrons. The lowest BCUT2D eigenvalue weighted by molar-refractivity contribution is 0.269. The van der Waals surface area contributed by atoms with Crippen molar-refractivity contribution in [3.63, 3.8) is 0 Å². The summed E-state index contributed by atoms with van der Waals surface area (Å²) in [5, 5.41) is 5.12. The van der Waals surface area contributed by atoms with Crippen molar-refractivity contribution < 1.29 is 4.42 Å². The van der Waals surface area contributed by atoms with Crippen molar-refractivity contribution in [2.45, 2.75) is 18.6 Å². The highest BCUT2D eigenvalue weighted by atomic mass is 35.5. The van der Waals surface area contributed by atoms with Gasteiger partial charge in [-0.05, 0) is 60.2 Å². The second-order valence-electron chi connectivity index (χ2n) is 7.57. The average molecular weight is 480 g/mol. The quantitative estimate of drug-likeness (QED) is 0.318. The zero-order valence-corrected chi connectivity index (χ0v) is 19.2. The van der Waals surface area contributed by atoms with E-state index in [1.54, 1.807) is 12.3 Å². The molecule has 1 fully saturated rings. The summed E-state index contributed by atoms with van der Waals surface area (Å²) in [5.74, 6) is 1.51. The van der Waals surface area contributed by atoms with Crippen LogP contribution in [0.15, 0.2) is 89.5 Å². The van der Waals surface area contributed by atoms with Gasteiger partial charge in [0.05, 0.1) is 21.8 Å². The summed E-state index contributed by atoms with van der Waals surface area (Å²) in [5.41, 5.74) is 2.94. The van der Waals surface area contributed by atoms with Crippen molar-refractivity contribution in [3.05, 3.63) is 112 Å². The Labute approximate surface area is 201 Å². The third-order valence-electron chi connectivity index (χ3n) is 5.52. The standard InChI is InChI=1S/C25H19Cl2N3OS/c26-18-10-9-17(14-19(18)27)21-11-12-22(31-21)24-23(20-8-4-5-13-28-20)29-25(32)30(24)15-16-6-2-1-3-7-16/h1-14,23-24H,15H2,(H,29,32)/t23-,24+/m0/s1. The Bertz CT molecular complexity index is 1250. The Morgan fingerprint density at radius 1 is 0.938 bits per heavy atom. The third-order valence-corrected chi connectivity index (χ3v) is 6.61. The first-order valence-corrected chi connectivity index (χ1v) is 11.3. The highest BCUT2D eigenvalue weighted by molar-refractivity contribution is 7.80. The summed E-state index contributed by atoms with van der Waals surface area (Å²) >= 11 is 18.0. The van der Waals surface area contributed by atoms with Gasteiger partial charge in [-0.3, -0.25) is 4.98 Å². The van der Waals surface area contributed by atoms with E-state index in [2.05, 4.69) is 27.3 Å². The topological polar surface area (TPSA) is 41.3 Å². The number of hydrogen-bond donors (Lipinski definition) is 1. The van der Waals surface area contributed by atoms with Gasteiger partial charge in [0.2, 0.25) is 0 Å². The summed E-state index contributed by atoms with van der Waals surface area (Å²) in [4.78, 5) is 6.73. The van der Waals surface area contributed by atoms with Crippen molar-refractivity contribution >= 4 is 40.5 Å². The van der Waals surface area contributed by atoms with Crippen molar-refractivity contribution in [2.24, 2.45) is 0 Å². The van der Waals surface area contributed by atoms with Gasteiger partial charge < -0.3 is 14.6 Å². The zero-order chi connectivity index (χ0) is 22.1. The van der Waals surface area contributed by atoms with Gasteiger partial charge in [0.1, 0.15) is 17.6 Å². The lowest BCUT2D eigenvalue weighted by atomic mass is 10.0. The highest BCUT2D eigenvalue weighted by Gasteiger charge is 2.41. The van der Waals surface area contributed by atoms with E-state index in [9.17, 15) is 0 Å². The molecule has 3 heterocycles. The number of rotatable bonds is 5. The van der Waals surface area contributed by atoms with Crippen LogP contribution >= 0.6 is 35.4 Å². The molecule has 0 amide bonds. The van der Waals surface area contributed by atoms with E-state index in [1.165, 1.54) is 5.56 Å². The summed E-state index contributed by atoms with van der Waals surface area (Å²) in [7, 11) is 0. The maximum atomic E-state index is 6.35. The van der Waals surface area contributed by atoms with Crippen LogP contribution in [0, 0.1) is 0 Å². The van der Waals surface area contributed by atoms with Crippen LogP contribution in [0.5, 0.6) is 0 Å². The van der Waals surface area contributed by atoms with Crippen molar-refractivity contribution in [2.75, 3.05) is 0 Å². The van der Waals surface area contributed by atoms with E-state index in [0.29, 0.717) is 21.7 Å². The van der Waals surface area contributed by atoms with E-state index in [4.69, 9.17) is 39.8 Å². The average Bonchev–Trinajstić information content (AvgIpc) is 3.42. The number of thiocarbonyl (C=S) groups is 1. The Morgan fingerprint density at radius 3 is 2.50 bits per heavy atom. The minimum absolute atomic E-state index is 0.139. The van der Waals surface area contributed by atoms with E-state index < -0.39 is 0 Å². The number of halogens is 2. The lowest BCUT2D eigenvalue weighted by Crippen LogP contribution is -2.29. The summed E-state index contributed by atoms with van der Waals surface area (Å²) in [6.07, 6.45) is 1.79. The number of pyridine rings is 1. The van der Waals surface area contributed by atoms with Gasteiger partial charge >= 0.3 is 0 Å². The third kappa shape index (κ3) is 4.11. The molecule has 0 unspecified atom stereocenters. The number of nitrogens with one attached hydrogen (secondary N) is 1. The van der Waals surface area contributed by atoms with Gasteiger partial charge in [-0.1, -0.05) is 59.6 Å². The first kappa shape index (κ1) is 21.0. The first-order valence-electron chi connectivity index (χ1n) is 10.2. The van der Waals surface area contributed by atoms with Gasteiger partial charge in [-0.15, -0.1) is 0 Å². The normalized spacial score (nSPS) is 18.1. The largest absolute Gasteiger partial charge is 0.459 e. The molecule has 4 nitrogen and oxygen atoms in total. The SMILES string of the molecule is S=C1N[C@@H](c2ccccn2)[C@@H](c2ccc(-c3ccc(Cl)c(Cl)c3)o2)N1Cc1ccccc1. The van der Waals surface area contributed by atoms with Crippen LogP contribution in [0.4, 0.5) is 0 Å². The minimum Gasteiger partial charge on any atom is -0.459 e. The number of aromatic nitrogens is 1. The van der Waals surface area contributed by atoms with Crippen LogP contribution in [-0.4, -0.2) is 15.0 Å². The predicted molar refractivity (Wildman–Crippen MR) is 132 cm³/mol. The van der Waals surface area contributed by atoms with Crippen LogP contribution in [0.2, 0.25) is 10.0 Å². The molecule has 2 aromatic carbocycles. The Balaban J connectivity index is 1.54. The molecule has 2 atom stereocenters. The van der Waals surface area contributed by atoms with Crippen LogP contribution < -0.4 is 5.32 Å². The maximum Gasteiger partial charge on any atom is 0.170 e. The molecule has 2 aromatic heterocycles. The van der Waals surface area contributed by atoms with E-state index >= 15 is 0 Å². The zero-order valence-electron chi connectivity index (χ0n) is 16.9. The number of hydrogen-bond acceptors (Lipinski definition) is 3. The van der Waals surface area contributed by atoms with Gasteiger partial charge in [-0.2, -0.15) is 0 Å². The fourth-order valence-electron chi connectivity index (χ4n) is 3.98. The van der Waals surface area contributed by atoms with E-state index in [1.807, 2.05) is 60.7 Å². The molecule has 1 aliphatic rings. The molecule has 5 rings (SSSR count). The molecule has 160 valence electrons. The van der Waals surface area contributed by atoms with Crippen LogP contribution in [0.25, 0.3) is 11.3 Å². The molecule has 0 aliphatic carbocycles. The van der Waals surface area contributed by atoms with Crippen LogP contribution in [-0.2, 0) is 6.54 Å². The van der Waals surface area contributed by atoms with Crippen molar-refractivity contribution in [3.8, 4) is 11.3 Å². The number of furan rings is 1. The molecule has 7 heteroatoms. The Kier molecular flexibility index (Phi) is 5.87. The fraction of sp³-hybridized carbons (Fsp3) is 0.120. The van der Waals surface area contributed by atoms with Gasteiger partial charge in [0.25, 0.3) is 0 Å². The second-order valence-corrected chi connectivity index (χ2v) is 8.77. The second kappa shape index (κ2) is 8.94. The molecular formula is C25H19Cl2N3OS. The van der Waals surface area contributed by atoms with Crippen LogP contribution in [0.3, 0.4) is 0 Å². The Hall–Kier alpha value is -2.86. The smallest absolute Gasteiger partial charge is 0.170 e.